The SMILES string of the molecule is Cc1nc(N2CCN(C)CC2)c2nc(-c3ccccc3C(F)(F)F)n(C3CCOCC3)c2n1. The number of fused-ring (bicyclic) bond motifs is 1. The summed E-state index contributed by atoms with van der Waals surface area (Å²) >= 11 is 0. The monoisotopic (exact) mass is 460 g/mol. The minimum absolute atomic E-state index is 0.0466. The van der Waals surface area contributed by atoms with Crippen molar-refractivity contribution in [1.82, 2.24) is 24.4 Å². The van der Waals surface area contributed by atoms with Gasteiger partial charge in [0.05, 0.1) is 5.56 Å². The van der Waals surface area contributed by atoms with Gasteiger partial charge in [-0.15, -0.1) is 0 Å². The van der Waals surface area contributed by atoms with Crippen molar-refractivity contribution in [2.45, 2.75) is 32.0 Å². The highest BCUT2D eigenvalue weighted by atomic mass is 19.4. The Morgan fingerprint density at radius 3 is 2.36 bits per heavy atom. The van der Waals surface area contributed by atoms with Crippen LogP contribution in [0.15, 0.2) is 24.3 Å². The molecule has 2 aliphatic heterocycles. The fraction of sp³-hybridized carbons (Fsp3) is 0.522. The highest BCUT2D eigenvalue weighted by molar-refractivity contribution is 5.88. The van der Waals surface area contributed by atoms with Crippen molar-refractivity contribution in [2.24, 2.45) is 0 Å². The lowest BCUT2D eigenvalue weighted by molar-refractivity contribution is -0.137. The van der Waals surface area contributed by atoms with Gasteiger partial charge in [0.1, 0.15) is 11.6 Å². The zero-order valence-corrected chi connectivity index (χ0v) is 18.8. The maximum absolute atomic E-state index is 13.9. The van der Waals surface area contributed by atoms with Crippen molar-refractivity contribution in [3.63, 3.8) is 0 Å². The van der Waals surface area contributed by atoms with Gasteiger partial charge in [0.25, 0.3) is 0 Å². The van der Waals surface area contributed by atoms with Gasteiger partial charge < -0.3 is 19.1 Å². The second-order valence-electron chi connectivity index (χ2n) is 8.75. The molecule has 0 atom stereocenters. The predicted molar refractivity (Wildman–Crippen MR) is 119 cm³/mol. The van der Waals surface area contributed by atoms with Crippen LogP contribution < -0.4 is 4.90 Å². The minimum Gasteiger partial charge on any atom is -0.381 e. The van der Waals surface area contributed by atoms with Crippen molar-refractivity contribution in [1.29, 1.82) is 0 Å². The van der Waals surface area contributed by atoms with Crippen LogP contribution in [0.25, 0.3) is 22.6 Å². The first-order valence-corrected chi connectivity index (χ1v) is 11.3. The fourth-order valence-corrected chi connectivity index (χ4v) is 4.71. The van der Waals surface area contributed by atoms with Crippen LogP contribution in [0.2, 0.25) is 0 Å². The Bertz CT molecular complexity index is 1150. The van der Waals surface area contributed by atoms with Gasteiger partial charge in [-0.1, -0.05) is 18.2 Å². The van der Waals surface area contributed by atoms with Crippen molar-refractivity contribution < 1.29 is 17.9 Å². The third kappa shape index (κ3) is 4.17. The van der Waals surface area contributed by atoms with E-state index in [2.05, 4.69) is 26.8 Å². The first-order chi connectivity index (χ1) is 15.8. The molecule has 3 aromatic rings. The molecule has 4 heterocycles. The Hall–Kier alpha value is -2.72. The molecule has 0 bridgehead atoms. The van der Waals surface area contributed by atoms with E-state index in [0.717, 1.165) is 32.2 Å². The van der Waals surface area contributed by atoms with Crippen molar-refractivity contribution in [3.05, 3.63) is 35.7 Å². The molecule has 0 spiro atoms. The van der Waals surface area contributed by atoms with Crippen molar-refractivity contribution >= 4 is 17.0 Å². The van der Waals surface area contributed by atoms with Crippen LogP contribution in [0.1, 0.15) is 30.3 Å². The molecule has 0 N–H and O–H groups in total. The molecule has 10 heteroatoms. The van der Waals surface area contributed by atoms with E-state index in [0.29, 0.717) is 54.7 Å². The molecule has 2 aromatic heterocycles. The van der Waals surface area contributed by atoms with E-state index in [-0.39, 0.29) is 11.6 Å². The summed E-state index contributed by atoms with van der Waals surface area (Å²) in [6, 6.07) is 5.59. The largest absolute Gasteiger partial charge is 0.417 e. The van der Waals surface area contributed by atoms with E-state index in [4.69, 9.17) is 9.72 Å². The van der Waals surface area contributed by atoms with Crippen LogP contribution in [0.5, 0.6) is 0 Å². The third-order valence-electron chi connectivity index (χ3n) is 6.47. The number of halogens is 3. The zero-order chi connectivity index (χ0) is 23.2. The van der Waals surface area contributed by atoms with Gasteiger partial charge in [-0.25, -0.2) is 15.0 Å². The Morgan fingerprint density at radius 2 is 1.67 bits per heavy atom. The van der Waals surface area contributed by atoms with Gasteiger partial charge in [0.15, 0.2) is 17.0 Å². The van der Waals surface area contributed by atoms with E-state index < -0.39 is 11.7 Å². The summed E-state index contributed by atoms with van der Waals surface area (Å²) in [4.78, 5) is 18.6. The van der Waals surface area contributed by atoms with Gasteiger partial charge in [-0.3, -0.25) is 0 Å². The summed E-state index contributed by atoms with van der Waals surface area (Å²) in [5.74, 6) is 1.57. The summed E-state index contributed by atoms with van der Waals surface area (Å²) in [5, 5.41) is 0. The van der Waals surface area contributed by atoms with Crippen LogP contribution in [0.3, 0.4) is 0 Å². The van der Waals surface area contributed by atoms with Crippen LogP contribution in [-0.2, 0) is 10.9 Å². The Balaban J connectivity index is 1.75. The molecule has 5 rings (SSSR count). The quantitative estimate of drug-likeness (QED) is 0.591. The normalized spacial score (nSPS) is 18.9. The molecule has 0 radical (unpaired) electrons. The van der Waals surface area contributed by atoms with Crippen LogP contribution in [0, 0.1) is 6.92 Å². The van der Waals surface area contributed by atoms with Crippen molar-refractivity contribution in [3.8, 4) is 11.4 Å². The Labute approximate surface area is 190 Å². The zero-order valence-electron chi connectivity index (χ0n) is 18.8. The molecule has 7 nitrogen and oxygen atoms in total. The van der Waals surface area contributed by atoms with E-state index in [9.17, 15) is 13.2 Å². The lowest BCUT2D eigenvalue weighted by atomic mass is 10.0. The Kier molecular flexibility index (Phi) is 5.74. The third-order valence-corrected chi connectivity index (χ3v) is 6.47. The number of rotatable bonds is 3. The molecule has 33 heavy (non-hydrogen) atoms. The number of imidazole rings is 1. The smallest absolute Gasteiger partial charge is 0.381 e. The maximum Gasteiger partial charge on any atom is 0.417 e. The summed E-state index contributed by atoms with van der Waals surface area (Å²) in [7, 11) is 2.07. The molecule has 2 aliphatic rings. The molecule has 176 valence electrons. The number of alkyl halides is 3. The average molecular weight is 461 g/mol. The number of ether oxygens (including phenoxy) is 1. The number of nitrogens with zero attached hydrogens (tertiary/aromatic N) is 6. The number of benzene rings is 1. The predicted octanol–water partition coefficient (Wildman–Crippen LogP) is 3.92. The first kappa shape index (κ1) is 22.1. The van der Waals surface area contributed by atoms with Gasteiger partial charge >= 0.3 is 6.18 Å². The summed E-state index contributed by atoms with van der Waals surface area (Å²) in [6.07, 6.45) is -3.10. The molecule has 0 saturated carbocycles. The highest BCUT2D eigenvalue weighted by Crippen LogP contribution is 2.40. The molecular formula is C23H27F3N6O. The number of aromatic nitrogens is 4. The number of piperazine rings is 1. The number of hydrogen-bond acceptors (Lipinski definition) is 6. The van der Waals surface area contributed by atoms with Crippen LogP contribution in [-0.4, -0.2) is 70.9 Å². The van der Waals surface area contributed by atoms with Gasteiger partial charge in [-0.2, -0.15) is 13.2 Å². The van der Waals surface area contributed by atoms with Crippen molar-refractivity contribution in [2.75, 3.05) is 51.3 Å². The van der Waals surface area contributed by atoms with E-state index >= 15 is 0 Å². The van der Waals surface area contributed by atoms with Gasteiger partial charge in [0.2, 0.25) is 0 Å². The molecular weight excluding hydrogens is 433 g/mol. The van der Waals surface area contributed by atoms with Crippen LogP contribution >= 0.6 is 0 Å². The lowest BCUT2D eigenvalue weighted by Gasteiger charge is -2.33. The number of hydrogen-bond donors (Lipinski definition) is 0. The maximum atomic E-state index is 13.9. The summed E-state index contributed by atoms with van der Waals surface area (Å²) < 4.78 is 49.2. The molecule has 2 saturated heterocycles. The topological polar surface area (TPSA) is 59.3 Å². The van der Waals surface area contributed by atoms with Gasteiger partial charge in [-0.05, 0) is 32.9 Å². The van der Waals surface area contributed by atoms with E-state index in [1.807, 2.05) is 11.5 Å². The fourth-order valence-electron chi connectivity index (χ4n) is 4.71. The second-order valence-corrected chi connectivity index (χ2v) is 8.75. The Morgan fingerprint density at radius 1 is 0.970 bits per heavy atom. The number of anilines is 1. The molecule has 0 amide bonds. The lowest BCUT2D eigenvalue weighted by Crippen LogP contribution is -2.45. The number of likely N-dealkylation sites (N-methyl/N-ethyl adjacent to an activating group) is 1. The van der Waals surface area contributed by atoms with E-state index in [1.54, 1.807) is 6.07 Å². The highest BCUT2D eigenvalue weighted by Gasteiger charge is 2.36. The number of aryl methyl sites for hydroxylation is 1. The molecule has 2 fully saturated rings. The first-order valence-electron chi connectivity index (χ1n) is 11.3. The molecule has 0 aliphatic carbocycles. The molecule has 1 aromatic carbocycles. The summed E-state index contributed by atoms with van der Waals surface area (Å²) in [6.45, 7) is 6.26. The minimum atomic E-state index is -4.49. The standard InChI is InChI=1S/C23H27F3N6O/c1-15-27-21(31-11-9-30(2)10-12-31)19-22(28-15)32(16-7-13-33-14-8-16)20(29-19)17-5-3-4-6-18(17)23(24,25)26/h3-6,16H,7-14H2,1-2H3. The molecule has 0 unspecified atom stereocenters. The average Bonchev–Trinajstić information content (AvgIpc) is 3.18. The van der Waals surface area contributed by atoms with E-state index in [1.165, 1.54) is 12.1 Å². The second kappa shape index (κ2) is 8.57. The van der Waals surface area contributed by atoms with Crippen LogP contribution in [0.4, 0.5) is 19.0 Å². The summed E-state index contributed by atoms with van der Waals surface area (Å²) in [5.41, 5.74) is 0.523. The van der Waals surface area contributed by atoms with Gasteiger partial charge in [0, 0.05) is 51.0 Å².